The van der Waals surface area contributed by atoms with E-state index in [0.717, 1.165) is 17.0 Å². The lowest BCUT2D eigenvalue weighted by Gasteiger charge is -2.11. The molecular weight excluding hydrogens is 294 g/mol. The molecule has 1 fully saturated rings. The summed E-state index contributed by atoms with van der Waals surface area (Å²) in [6.07, 6.45) is -0.354. The minimum Gasteiger partial charge on any atom is -0.463 e. The fourth-order valence-electron chi connectivity index (χ4n) is 2.79. The number of ether oxygens (including phenoxy) is 2. The van der Waals surface area contributed by atoms with Crippen LogP contribution in [0.15, 0.2) is 36.4 Å². The van der Waals surface area contributed by atoms with Gasteiger partial charge in [0.15, 0.2) is 0 Å². The molecule has 23 heavy (non-hydrogen) atoms. The quantitative estimate of drug-likeness (QED) is 0.814. The normalized spacial score (nSPS) is 17.1. The van der Waals surface area contributed by atoms with Crippen molar-refractivity contribution in [1.29, 1.82) is 0 Å². The van der Waals surface area contributed by atoms with Gasteiger partial charge in [-0.3, -0.25) is 0 Å². The average Bonchev–Trinajstić information content (AvgIpc) is 3.06. The van der Waals surface area contributed by atoms with Crippen LogP contribution in [0.25, 0.3) is 0 Å². The first-order valence-electron chi connectivity index (χ1n) is 7.64. The molecule has 0 amide bonds. The van der Waals surface area contributed by atoms with Gasteiger partial charge in [-0.2, -0.15) is 0 Å². The standard InChI is InChI=1S/C18H19NO4/c1-12-10-15(17(20)23-16-8-9-22-18(16)21)13(2)19(12)11-14-6-4-3-5-7-14/h3-7,10,16H,8-9,11H2,1-2H3/t16-/m0/s1. The summed E-state index contributed by atoms with van der Waals surface area (Å²) in [5.41, 5.74) is 3.47. The van der Waals surface area contributed by atoms with Gasteiger partial charge in [0, 0.05) is 24.4 Å². The summed E-state index contributed by atoms with van der Waals surface area (Å²) in [7, 11) is 0. The van der Waals surface area contributed by atoms with E-state index in [1.165, 1.54) is 0 Å². The van der Waals surface area contributed by atoms with E-state index in [9.17, 15) is 9.59 Å². The number of esters is 2. The minimum atomic E-state index is -0.778. The van der Waals surface area contributed by atoms with Gasteiger partial charge in [0.1, 0.15) is 0 Å². The summed E-state index contributed by atoms with van der Waals surface area (Å²) in [6.45, 7) is 4.84. The minimum absolute atomic E-state index is 0.309. The molecule has 0 saturated carbocycles. The number of cyclic esters (lactones) is 1. The smallest absolute Gasteiger partial charge is 0.347 e. The van der Waals surface area contributed by atoms with Crippen LogP contribution in [0.2, 0.25) is 0 Å². The average molecular weight is 313 g/mol. The van der Waals surface area contributed by atoms with Crippen molar-refractivity contribution in [2.24, 2.45) is 0 Å². The van der Waals surface area contributed by atoms with Gasteiger partial charge in [0.05, 0.1) is 12.2 Å². The number of aromatic nitrogens is 1. The van der Waals surface area contributed by atoms with E-state index >= 15 is 0 Å². The Hall–Kier alpha value is -2.56. The second kappa shape index (κ2) is 6.28. The van der Waals surface area contributed by atoms with Gasteiger partial charge in [-0.1, -0.05) is 30.3 Å². The first-order valence-corrected chi connectivity index (χ1v) is 7.64. The Balaban J connectivity index is 1.79. The second-order valence-corrected chi connectivity index (χ2v) is 5.71. The van der Waals surface area contributed by atoms with Crippen LogP contribution in [0.3, 0.4) is 0 Å². The summed E-state index contributed by atoms with van der Waals surface area (Å²) in [5, 5.41) is 0. The molecule has 120 valence electrons. The maximum Gasteiger partial charge on any atom is 0.347 e. The molecule has 1 aromatic carbocycles. The third-order valence-corrected chi connectivity index (χ3v) is 4.11. The third-order valence-electron chi connectivity index (χ3n) is 4.11. The largest absolute Gasteiger partial charge is 0.463 e. The van der Waals surface area contributed by atoms with Crippen molar-refractivity contribution < 1.29 is 19.1 Å². The molecule has 0 unspecified atom stereocenters. The fourth-order valence-corrected chi connectivity index (χ4v) is 2.79. The summed E-state index contributed by atoms with van der Waals surface area (Å²) in [5.74, 6) is -0.933. The number of rotatable bonds is 4. The van der Waals surface area contributed by atoms with Gasteiger partial charge < -0.3 is 14.0 Å². The third kappa shape index (κ3) is 3.13. The molecule has 1 aromatic heterocycles. The van der Waals surface area contributed by atoms with Crippen LogP contribution in [0.1, 0.15) is 33.7 Å². The highest BCUT2D eigenvalue weighted by Crippen LogP contribution is 2.20. The van der Waals surface area contributed by atoms with Crippen molar-refractivity contribution in [1.82, 2.24) is 4.57 Å². The van der Waals surface area contributed by atoms with Crippen LogP contribution in [0, 0.1) is 13.8 Å². The van der Waals surface area contributed by atoms with Crippen LogP contribution in [-0.4, -0.2) is 29.2 Å². The Labute approximate surface area is 134 Å². The second-order valence-electron chi connectivity index (χ2n) is 5.71. The van der Waals surface area contributed by atoms with E-state index < -0.39 is 18.0 Å². The highest BCUT2D eigenvalue weighted by molar-refractivity contribution is 5.93. The van der Waals surface area contributed by atoms with Gasteiger partial charge >= 0.3 is 11.9 Å². The zero-order valence-electron chi connectivity index (χ0n) is 13.2. The molecule has 1 saturated heterocycles. The van der Waals surface area contributed by atoms with Gasteiger partial charge in [0.25, 0.3) is 0 Å². The Kier molecular flexibility index (Phi) is 4.19. The zero-order chi connectivity index (χ0) is 16.4. The lowest BCUT2D eigenvalue weighted by atomic mass is 10.2. The molecule has 5 heteroatoms. The highest BCUT2D eigenvalue weighted by Gasteiger charge is 2.31. The molecule has 2 heterocycles. The van der Waals surface area contributed by atoms with Crippen molar-refractivity contribution >= 4 is 11.9 Å². The van der Waals surface area contributed by atoms with Gasteiger partial charge in [-0.15, -0.1) is 0 Å². The van der Waals surface area contributed by atoms with Gasteiger partial charge in [0.2, 0.25) is 6.10 Å². The molecule has 5 nitrogen and oxygen atoms in total. The topological polar surface area (TPSA) is 57.5 Å². The molecule has 0 spiro atoms. The lowest BCUT2D eigenvalue weighted by Crippen LogP contribution is -2.23. The Morgan fingerprint density at radius 1 is 1.30 bits per heavy atom. The van der Waals surface area contributed by atoms with Crippen molar-refractivity contribution in [3.05, 3.63) is 58.9 Å². The molecule has 0 aliphatic carbocycles. The molecule has 0 N–H and O–H groups in total. The molecule has 1 aliphatic rings. The Bertz CT molecular complexity index is 733. The molecular formula is C18H19NO4. The van der Waals surface area contributed by atoms with Gasteiger partial charge in [-0.25, -0.2) is 9.59 Å². The Morgan fingerprint density at radius 3 is 2.70 bits per heavy atom. The number of hydrogen-bond acceptors (Lipinski definition) is 4. The van der Waals surface area contributed by atoms with Crippen molar-refractivity contribution in [3.8, 4) is 0 Å². The number of carbonyl (C=O) groups excluding carboxylic acids is 2. The predicted molar refractivity (Wildman–Crippen MR) is 84.2 cm³/mol. The highest BCUT2D eigenvalue weighted by atomic mass is 16.6. The van der Waals surface area contributed by atoms with E-state index in [4.69, 9.17) is 9.47 Å². The molecule has 3 rings (SSSR count). The van der Waals surface area contributed by atoms with Crippen molar-refractivity contribution in [2.75, 3.05) is 6.61 Å². The van der Waals surface area contributed by atoms with Crippen LogP contribution in [0.4, 0.5) is 0 Å². The lowest BCUT2D eigenvalue weighted by molar-refractivity contribution is -0.145. The first kappa shape index (κ1) is 15.3. The summed E-state index contributed by atoms with van der Waals surface area (Å²) >= 11 is 0. The summed E-state index contributed by atoms with van der Waals surface area (Å²) in [6, 6.07) is 11.9. The maximum atomic E-state index is 12.3. The fraction of sp³-hybridized carbons (Fsp3) is 0.333. The maximum absolute atomic E-state index is 12.3. The van der Waals surface area contributed by atoms with Gasteiger partial charge in [-0.05, 0) is 25.5 Å². The Morgan fingerprint density at radius 2 is 2.04 bits per heavy atom. The van der Waals surface area contributed by atoms with E-state index in [1.54, 1.807) is 6.07 Å². The van der Waals surface area contributed by atoms with E-state index in [-0.39, 0.29) is 0 Å². The number of carbonyl (C=O) groups is 2. The summed E-state index contributed by atoms with van der Waals surface area (Å²) in [4.78, 5) is 23.8. The monoisotopic (exact) mass is 313 g/mol. The SMILES string of the molecule is Cc1cc(C(=O)O[C@H]2CCOC2=O)c(C)n1Cc1ccccc1. The van der Waals surface area contributed by atoms with Crippen molar-refractivity contribution in [2.45, 2.75) is 32.9 Å². The number of nitrogens with zero attached hydrogens (tertiary/aromatic N) is 1. The van der Waals surface area contributed by atoms with Crippen LogP contribution >= 0.6 is 0 Å². The van der Waals surface area contributed by atoms with E-state index in [2.05, 4.69) is 4.57 Å². The van der Waals surface area contributed by atoms with E-state index in [1.807, 2.05) is 44.2 Å². The number of hydrogen-bond donors (Lipinski definition) is 0. The zero-order valence-corrected chi connectivity index (χ0v) is 13.2. The van der Waals surface area contributed by atoms with Crippen LogP contribution in [-0.2, 0) is 20.8 Å². The van der Waals surface area contributed by atoms with Crippen LogP contribution < -0.4 is 0 Å². The summed E-state index contributed by atoms with van der Waals surface area (Å²) < 4.78 is 12.2. The number of aryl methyl sites for hydroxylation is 1. The first-order chi connectivity index (χ1) is 11.1. The predicted octanol–water partition coefficient (Wildman–Crippen LogP) is 2.63. The molecule has 1 aliphatic heterocycles. The molecule has 2 aromatic rings. The number of benzene rings is 1. The van der Waals surface area contributed by atoms with Crippen molar-refractivity contribution in [3.63, 3.8) is 0 Å². The molecule has 0 radical (unpaired) electrons. The van der Waals surface area contributed by atoms with Crippen LogP contribution in [0.5, 0.6) is 0 Å². The molecule has 0 bridgehead atoms. The van der Waals surface area contributed by atoms with E-state index in [0.29, 0.717) is 25.1 Å². The molecule has 1 atom stereocenters.